The molecule has 1 N–H and O–H groups in total. The Labute approximate surface area is 130 Å². The van der Waals surface area contributed by atoms with Crippen molar-refractivity contribution in [2.45, 2.75) is 19.8 Å². The van der Waals surface area contributed by atoms with E-state index >= 15 is 0 Å². The van der Waals surface area contributed by atoms with Crippen LogP contribution in [-0.2, 0) is 0 Å². The van der Waals surface area contributed by atoms with E-state index in [-0.39, 0.29) is 5.56 Å². The van der Waals surface area contributed by atoms with Crippen molar-refractivity contribution in [3.63, 3.8) is 0 Å². The van der Waals surface area contributed by atoms with Gasteiger partial charge in [-0.2, -0.15) is 0 Å². The average molecular weight is 300 g/mol. The van der Waals surface area contributed by atoms with Crippen molar-refractivity contribution >= 4 is 5.97 Å². The molecule has 0 heterocycles. The second-order valence-electron chi connectivity index (χ2n) is 5.25. The van der Waals surface area contributed by atoms with Gasteiger partial charge < -0.3 is 14.6 Å². The van der Waals surface area contributed by atoms with Crippen LogP contribution in [0.3, 0.4) is 0 Å². The van der Waals surface area contributed by atoms with Crippen molar-refractivity contribution < 1.29 is 19.4 Å². The first kappa shape index (κ1) is 15.9. The Morgan fingerprint density at radius 1 is 1.00 bits per heavy atom. The summed E-state index contributed by atoms with van der Waals surface area (Å²) in [5.41, 5.74) is 1.48. The third-order valence-electron chi connectivity index (χ3n) is 3.25. The Morgan fingerprint density at radius 2 is 1.64 bits per heavy atom. The van der Waals surface area contributed by atoms with Gasteiger partial charge in [0.2, 0.25) is 0 Å². The predicted molar refractivity (Wildman–Crippen MR) is 84.9 cm³/mol. The van der Waals surface area contributed by atoms with Gasteiger partial charge in [0.25, 0.3) is 0 Å². The average Bonchev–Trinajstić information content (AvgIpc) is 2.52. The molecule has 0 aliphatic heterocycles. The summed E-state index contributed by atoms with van der Waals surface area (Å²) in [4.78, 5) is 10.9. The van der Waals surface area contributed by atoms with E-state index < -0.39 is 5.97 Å². The van der Waals surface area contributed by atoms with E-state index in [2.05, 4.69) is 26.0 Å². The Bertz CT molecular complexity index is 617. The highest BCUT2D eigenvalue weighted by molar-refractivity contribution is 5.87. The van der Waals surface area contributed by atoms with Gasteiger partial charge in [-0.15, -0.1) is 0 Å². The summed E-state index contributed by atoms with van der Waals surface area (Å²) < 4.78 is 11.1. The van der Waals surface area contributed by atoms with Gasteiger partial charge in [-0.25, -0.2) is 4.79 Å². The normalized spacial score (nSPS) is 10.5. The molecular weight excluding hydrogens is 280 g/mol. The Kier molecular flexibility index (Phi) is 5.42. The number of carboxylic acids is 1. The third-order valence-corrected chi connectivity index (χ3v) is 3.25. The zero-order chi connectivity index (χ0) is 15.9. The number of carboxylic acid groups (broad SMARTS) is 1. The van der Waals surface area contributed by atoms with E-state index in [1.807, 2.05) is 12.1 Å². The lowest BCUT2D eigenvalue weighted by molar-refractivity contribution is 0.0696. The second-order valence-corrected chi connectivity index (χ2v) is 5.25. The topological polar surface area (TPSA) is 55.8 Å². The smallest absolute Gasteiger partial charge is 0.335 e. The van der Waals surface area contributed by atoms with Gasteiger partial charge in [0.15, 0.2) is 0 Å². The first-order chi connectivity index (χ1) is 10.6. The number of ether oxygens (including phenoxy) is 2. The van der Waals surface area contributed by atoms with Crippen molar-refractivity contribution in [3.8, 4) is 11.5 Å². The van der Waals surface area contributed by atoms with Crippen molar-refractivity contribution in [3.05, 3.63) is 59.7 Å². The van der Waals surface area contributed by atoms with E-state index in [0.717, 1.165) is 5.75 Å². The molecule has 2 rings (SSSR count). The minimum atomic E-state index is -0.966. The summed E-state index contributed by atoms with van der Waals surface area (Å²) >= 11 is 0. The van der Waals surface area contributed by atoms with Gasteiger partial charge in [-0.1, -0.05) is 32.0 Å². The van der Waals surface area contributed by atoms with Gasteiger partial charge in [-0.05, 0) is 41.8 Å². The molecule has 0 aliphatic carbocycles. The van der Waals surface area contributed by atoms with E-state index in [4.69, 9.17) is 14.6 Å². The van der Waals surface area contributed by atoms with Crippen molar-refractivity contribution in [2.24, 2.45) is 0 Å². The summed E-state index contributed by atoms with van der Waals surface area (Å²) in [6, 6.07) is 14.4. The molecule has 0 unspecified atom stereocenters. The lowest BCUT2D eigenvalue weighted by Crippen LogP contribution is -2.09. The van der Waals surface area contributed by atoms with E-state index in [1.54, 1.807) is 12.1 Å². The maximum atomic E-state index is 10.9. The molecule has 0 saturated carbocycles. The standard InChI is InChI=1S/C18H20O4/c1-13(2)14-6-8-16(9-7-14)21-10-11-22-17-5-3-4-15(12-17)18(19)20/h3-9,12-13H,10-11H2,1-2H3,(H,19,20). The Morgan fingerprint density at radius 3 is 2.23 bits per heavy atom. The monoisotopic (exact) mass is 300 g/mol. The minimum Gasteiger partial charge on any atom is -0.490 e. The lowest BCUT2D eigenvalue weighted by Gasteiger charge is -2.10. The molecule has 0 radical (unpaired) electrons. The summed E-state index contributed by atoms with van der Waals surface area (Å²) in [5.74, 6) is 0.858. The molecule has 0 spiro atoms. The quantitative estimate of drug-likeness (QED) is 0.786. The molecule has 4 heteroatoms. The molecule has 0 atom stereocenters. The van der Waals surface area contributed by atoms with Crippen LogP contribution in [0.5, 0.6) is 11.5 Å². The molecule has 0 saturated heterocycles. The first-order valence-corrected chi connectivity index (χ1v) is 7.25. The predicted octanol–water partition coefficient (Wildman–Crippen LogP) is 3.97. The number of hydrogen-bond acceptors (Lipinski definition) is 3. The molecule has 2 aromatic rings. The van der Waals surface area contributed by atoms with E-state index in [0.29, 0.717) is 24.9 Å². The molecule has 0 bridgehead atoms. The third kappa shape index (κ3) is 4.52. The van der Waals surface area contributed by atoms with Crippen LogP contribution in [0.1, 0.15) is 35.7 Å². The molecule has 4 nitrogen and oxygen atoms in total. The fourth-order valence-corrected chi connectivity index (χ4v) is 1.99. The summed E-state index contributed by atoms with van der Waals surface area (Å²) in [6.07, 6.45) is 0. The lowest BCUT2D eigenvalue weighted by atomic mass is 10.0. The number of benzene rings is 2. The zero-order valence-electron chi connectivity index (χ0n) is 12.8. The SMILES string of the molecule is CC(C)c1ccc(OCCOc2cccc(C(=O)O)c2)cc1. The van der Waals surface area contributed by atoms with Crippen molar-refractivity contribution in [2.75, 3.05) is 13.2 Å². The highest BCUT2D eigenvalue weighted by Gasteiger charge is 2.04. The van der Waals surface area contributed by atoms with Gasteiger partial charge in [0.05, 0.1) is 5.56 Å². The maximum Gasteiger partial charge on any atom is 0.335 e. The highest BCUT2D eigenvalue weighted by Crippen LogP contribution is 2.18. The Hall–Kier alpha value is -2.49. The molecular formula is C18H20O4. The zero-order valence-corrected chi connectivity index (χ0v) is 12.8. The highest BCUT2D eigenvalue weighted by atomic mass is 16.5. The van der Waals surface area contributed by atoms with Gasteiger partial charge in [-0.3, -0.25) is 0 Å². The fraction of sp³-hybridized carbons (Fsp3) is 0.278. The number of rotatable bonds is 7. The van der Waals surface area contributed by atoms with Crippen LogP contribution in [0.15, 0.2) is 48.5 Å². The largest absolute Gasteiger partial charge is 0.490 e. The number of carbonyl (C=O) groups is 1. The summed E-state index contributed by atoms with van der Waals surface area (Å²) in [5, 5.41) is 8.91. The molecule has 22 heavy (non-hydrogen) atoms. The molecule has 0 fully saturated rings. The van der Waals surface area contributed by atoms with Crippen LogP contribution in [0.2, 0.25) is 0 Å². The molecule has 0 aromatic heterocycles. The van der Waals surface area contributed by atoms with E-state index in [9.17, 15) is 4.79 Å². The molecule has 116 valence electrons. The molecule has 0 amide bonds. The first-order valence-electron chi connectivity index (χ1n) is 7.25. The van der Waals surface area contributed by atoms with Crippen molar-refractivity contribution in [1.82, 2.24) is 0 Å². The van der Waals surface area contributed by atoms with E-state index in [1.165, 1.54) is 17.7 Å². The van der Waals surface area contributed by atoms with Crippen LogP contribution >= 0.6 is 0 Å². The van der Waals surface area contributed by atoms with Gasteiger partial charge in [0.1, 0.15) is 24.7 Å². The Balaban J connectivity index is 1.79. The summed E-state index contributed by atoms with van der Waals surface area (Å²) in [7, 11) is 0. The minimum absolute atomic E-state index is 0.211. The second kappa shape index (κ2) is 7.50. The number of hydrogen-bond donors (Lipinski definition) is 1. The van der Waals surface area contributed by atoms with Gasteiger partial charge >= 0.3 is 5.97 Å². The maximum absolute atomic E-state index is 10.9. The van der Waals surface area contributed by atoms with Crippen LogP contribution in [0.25, 0.3) is 0 Å². The molecule has 0 aliphatic rings. The van der Waals surface area contributed by atoms with Crippen LogP contribution in [-0.4, -0.2) is 24.3 Å². The van der Waals surface area contributed by atoms with Crippen molar-refractivity contribution in [1.29, 1.82) is 0 Å². The number of aromatic carboxylic acids is 1. The van der Waals surface area contributed by atoms with Crippen LogP contribution in [0.4, 0.5) is 0 Å². The fourth-order valence-electron chi connectivity index (χ4n) is 1.99. The van der Waals surface area contributed by atoms with Crippen LogP contribution in [0, 0.1) is 0 Å². The van der Waals surface area contributed by atoms with Crippen LogP contribution < -0.4 is 9.47 Å². The van der Waals surface area contributed by atoms with Gasteiger partial charge in [0, 0.05) is 0 Å². The summed E-state index contributed by atoms with van der Waals surface area (Å²) in [6.45, 7) is 5.05. The molecule has 2 aromatic carbocycles.